The molecule has 0 saturated carbocycles. The first-order chi connectivity index (χ1) is 28.0. The van der Waals surface area contributed by atoms with Crippen molar-refractivity contribution in [2.75, 3.05) is 20.3 Å². The van der Waals surface area contributed by atoms with Crippen LogP contribution in [0.2, 0.25) is 0 Å². The van der Waals surface area contributed by atoms with Gasteiger partial charge < -0.3 is 47.4 Å². The molecule has 11 atom stereocenters. The molecule has 4 saturated heterocycles. The summed E-state index contributed by atoms with van der Waals surface area (Å²) < 4.78 is 64.3. The SMILES string of the molecule is CO[C@H]1O[C@@H]2COC(c3ccccc3)O[C@H]2[C@H](O[C@H]2O[C@H](COCc3ccccc3)[C@@H](OCc3ccccc3)[C@@H]3OC(=O)N(C(C)=O)[C@@H]23)[C@H]1OCc1ccccc1. The van der Waals surface area contributed by atoms with Crippen LogP contribution < -0.4 is 0 Å². The Labute approximate surface area is 331 Å². The minimum atomic E-state index is -1.24. The number of fused-ring (bicyclic) bond motifs is 2. The Hall–Kier alpha value is -4.54. The van der Waals surface area contributed by atoms with Crippen LogP contribution in [-0.4, -0.2) is 98.6 Å². The van der Waals surface area contributed by atoms with Crippen molar-refractivity contribution in [2.24, 2.45) is 0 Å². The van der Waals surface area contributed by atoms with Crippen molar-refractivity contribution in [3.8, 4) is 0 Å². The standard InChI is InChI=1S/C44H47NO12/c1-28(46)45-35-38(57-44(45)47)36(50-24-30-17-9-4-10-18-30)33(26-49-23-29-15-7-3-8-16-29)53-42(35)56-39-37-34(27-52-41(55-37)32-21-13-6-14-22-32)54-43(48-2)40(39)51-25-31-19-11-5-12-20-31/h3-22,33-43H,23-27H2,1-2H3/t33-,34-,35-,36-,37-,38-,39+,40-,41?,42-,43+/m1/s1. The Morgan fingerprint density at radius 2 is 1.26 bits per heavy atom. The van der Waals surface area contributed by atoms with Crippen LogP contribution in [0.25, 0.3) is 0 Å². The van der Waals surface area contributed by atoms with E-state index < -0.39 is 79.6 Å². The quantitative estimate of drug-likeness (QED) is 0.156. The monoisotopic (exact) mass is 781 g/mol. The lowest BCUT2D eigenvalue weighted by molar-refractivity contribution is -0.390. The third kappa shape index (κ3) is 8.97. The molecule has 4 fully saturated rings. The molecule has 0 bridgehead atoms. The van der Waals surface area contributed by atoms with E-state index in [4.69, 9.17) is 47.4 Å². The summed E-state index contributed by atoms with van der Waals surface area (Å²) in [5.74, 6) is -0.534. The fourth-order valence-corrected chi connectivity index (χ4v) is 7.78. The highest BCUT2D eigenvalue weighted by molar-refractivity contribution is 5.92. The predicted molar refractivity (Wildman–Crippen MR) is 202 cm³/mol. The molecule has 4 aliphatic rings. The van der Waals surface area contributed by atoms with E-state index in [2.05, 4.69) is 0 Å². The molecule has 0 aliphatic carbocycles. The van der Waals surface area contributed by atoms with Crippen molar-refractivity contribution in [3.05, 3.63) is 144 Å². The van der Waals surface area contributed by atoms with Gasteiger partial charge in [0.15, 0.2) is 25.0 Å². The molecule has 2 amide bonds. The third-order valence-corrected chi connectivity index (χ3v) is 10.5. The van der Waals surface area contributed by atoms with E-state index in [0.717, 1.165) is 27.2 Å². The van der Waals surface area contributed by atoms with Gasteiger partial charge in [-0.05, 0) is 16.7 Å². The largest absolute Gasteiger partial charge is 0.440 e. The minimum absolute atomic E-state index is 0.0595. The second-order valence-corrected chi connectivity index (χ2v) is 14.4. The first-order valence-corrected chi connectivity index (χ1v) is 19.2. The van der Waals surface area contributed by atoms with E-state index in [1.54, 1.807) is 0 Å². The highest BCUT2D eigenvalue weighted by atomic mass is 16.8. The maximum absolute atomic E-state index is 13.6. The zero-order chi connectivity index (χ0) is 39.1. The number of rotatable bonds is 14. The Bertz CT molecular complexity index is 1880. The van der Waals surface area contributed by atoms with Gasteiger partial charge in [0.1, 0.15) is 42.7 Å². The maximum Gasteiger partial charge on any atom is 0.417 e. The summed E-state index contributed by atoms with van der Waals surface area (Å²) in [5.41, 5.74) is 3.61. The molecule has 1 unspecified atom stereocenters. The number of hydrogen-bond donors (Lipinski definition) is 0. The fraction of sp³-hybridized carbons (Fsp3) is 0.409. The molecule has 0 radical (unpaired) electrons. The smallest absolute Gasteiger partial charge is 0.417 e. The molecule has 0 N–H and O–H groups in total. The van der Waals surface area contributed by atoms with Crippen molar-refractivity contribution >= 4 is 12.0 Å². The Kier molecular flexibility index (Phi) is 12.7. The molecule has 0 spiro atoms. The molecule has 13 heteroatoms. The van der Waals surface area contributed by atoms with Gasteiger partial charge in [0.25, 0.3) is 0 Å². The van der Waals surface area contributed by atoms with Crippen LogP contribution in [0.3, 0.4) is 0 Å². The second kappa shape index (κ2) is 18.4. The van der Waals surface area contributed by atoms with Gasteiger partial charge in [0.2, 0.25) is 5.91 Å². The average molecular weight is 782 g/mol. The topological polar surface area (TPSA) is 130 Å². The molecule has 4 aromatic rings. The lowest BCUT2D eigenvalue weighted by Crippen LogP contribution is -2.67. The number of hydrogen-bond acceptors (Lipinski definition) is 12. The number of benzene rings is 4. The number of imide groups is 1. The number of ether oxygens (including phenoxy) is 10. The average Bonchev–Trinajstić information content (AvgIpc) is 3.61. The number of methoxy groups -OCH3 is 1. The maximum atomic E-state index is 13.6. The first kappa shape index (κ1) is 39.3. The van der Waals surface area contributed by atoms with E-state index >= 15 is 0 Å². The van der Waals surface area contributed by atoms with Crippen molar-refractivity contribution in [1.29, 1.82) is 0 Å². The predicted octanol–water partition coefficient (Wildman–Crippen LogP) is 5.71. The molecule has 0 aromatic heterocycles. The minimum Gasteiger partial charge on any atom is -0.440 e. The van der Waals surface area contributed by atoms with E-state index in [9.17, 15) is 9.59 Å². The second-order valence-electron chi connectivity index (χ2n) is 14.4. The molecule has 4 heterocycles. The van der Waals surface area contributed by atoms with Crippen molar-refractivity contribution in [1.82, 2.24) is 4.90 Å². The van der Waals surface area contributed by atoms with Gasteiger partial charge in [0.05, 0.1) is 33.0 Å². The Morgan fingerprint density at radius 1 is 0.684 bits per heavy atom. The van der Waals surface area contributed by atoms with Crippen LogP contribution in [-0.2, 0) is 72.0 Å². The number of carbonyl (C=O) groups is 2. The summed E-state index contributed by atoms with van der Waals surface area (Å²) in [6.07, 6.45) is -9.49. The lowest BCUT2D eigenvalue weighted by Gasteiger charge is -2.51. The van der Waals surface area contributed by atoms with Crippen LogP contribution in [0.1, 0.15) is 35.5 Å². The van der Waals surface area contributed by atoms with Gasteiger partial charge in [-0.2, -0.15) is 0 Å². The number of carbonyl (C=O) groups excluding carboxylic acids is 2. The van der Waals surface area contributed by atoms with Crippen LogP contribution in [0.4, 0.5) is 4.79 Å². The number of amides is 2. The summed E-state index contributed by atoms with van der Waals surface area (Å²) in [6.45, 7) is 2.23. The third-order valence-electron chi connectivity index (χ3n) is 10.5. The zero-order valence-electron chi connectivity index (χ0n) is 31.8. The summed E-state index contributed by atoms with van der Waals surface area (Å²) in [5, 5.41) is 0. The summed E-state index contributed by atoms with van der Waals surface area (Å²) in [7, 11) is 1.53. The first-order valence-electron chi connectivity index (χ1n) is 19.2. The fourth-order valence-electron chi connectivity index (χ4n) is 7.78. The number of nitrogens with zero attached hydrogens (tertiary/aromatic N) is 1. The Balaban J connectivity index is 1.13. The van der Waals surface area contributed by atoms with Crippen molar-refractivity contribution in [3.63, 3.8) is 0 Å². The van der Waals surface area contributed by atoms with Gasteiger partial charge in [-0.25, -0.2) is 9.69 Å². The van der Waals surface area contributed by atoms with Crippen LogP contribution in [0.5, 0.6) is 0 Å². The highest BCUT2D eigenvalue weighted by Crippen LogP contribution is 2.41. The normalized spacial score (nSPS) is 30.9. The van der Waals surface area contributed by atoms with Gasteiger partial charge in [-0.1, -0.05) is 121 Å². The van der Waals surface area contributed by atoms with E-state index in [1.807, 2.05) is 121 Å². The molecule has 4 aliphatic heterocycles. The highest BCUT2D eigenvalue weighted by Gasteiger charge is 2.61. The molecular formula is C44H47NO12. The van der Waals surface area contributed by atoms with E-state index in [-0.39, 0.29) is 26.4 Å². The molecule has 8 rings (SSSR count). The van der Waals surface area contributed by atoms with Crippen LogP contribution in [0, 0.1) is 0 Å². The van der Waals surface area contributed by atoms with Gasteiger partial charge in [-0.15, -0.1) is 0 Å². The summed E-state index contributed by atoms with van der Waals surface area (Å²) in [4.78, 5) is 27.9. The molecule has 4 aromatic carbocycles. The van der Waals surface area contributed by atoms with Crippen molar-refractivity contribution < 1.29 is 57.0 Å². The van der Waals surface area contributed by atoms with Gasteiger partial charge >= 0.3 is 6.09 Å². The molecule has 57 heavy (non-hydrogen) atoms. The molecule has 300 valence electrons. The zero-order valence-corrected chi connectivity index (χ0v) is 31.8. The molecular weight excluding hydrogens is 734 g/mol. The van der Waals surface area contributed by atoms with Gasteiger partial charge in [-0.3, -0.25) is 4.79 Å². The van der Waals surface area contributed by atoms with Crippen molar-refractivity contribution in [2.45, 2.75) is 94.4 Å². The van der Waals surface area contributed by atoms with Gasteiger partial charge in [0, 0.05) is 19.6 Å². The summed E-state index contributed by atoms with van der Waals surface area (Å²) >= 11 is 0. The summed E-state index contributed by atoms with van der Waals surface area (Å²) in [6, 6.07) is 37.6. The van der Waals surface area contributed by atoms with E-state index in [0.29, 0.717) is 6.61 Å². The van der Waals surface area contributed by atoms with Crippen LogP contribution in [0.15, 0.2) is 121 Å². The molecule has 13 nitrogen and oxygen atoms in total. The van der Waals surface area contributed by atoms with E-state index in [1.165, 1.54) is 14.0 Å². The Morgan fingerprint density at radius 3 is 1.86 bits per heavy atom. The lowest BCUT2D eigenvalue weighted by atomic mass is 9.94. The van der Waals surface area contributed by atoms with Crippen LogP contribution >= 0.6 is 0 Å².